The van der Waals surface area contributed by atoms with Gasteiger partial charge in [0.1, 0.15) is 12.4 Å². The zero-order chi connectivity index (χ0) is 15.5. The summed E-state index contributed by atoms with van der Waals surface area (Å²) in [5.41, 5.74) is 1.02. The van der Waals surface area contributed by atoms with Crippen LogP contribution in [0, 0.1) is 0 Å². The fourth-order valence-electron chi connectivity index (χ4n) is 2.63. The highest BCUT2D eigenvalue weighted by Gasteiger charge is 2.29. The van der Waals surface area contributed by atoms with Gasteiger partial charge in [0.25, 0.3) is 0 Å². The van der Waals surface area contributed by atoms with Crippen molar-refractivity contribution >= 4 is 5.97 Å². The van der Waals surface area contributed by atoms with Gasteiger partial charge in [-0.05, 0) is 19.5 Å². The molecule has 0 bridgehead atoms. The minimum Gasteiger partial charge on any atom is -0.459 e. The number of nitrogens with zero attached hydrogens (tertiary/aromatic N) is 2. The first-order chi connectivity index (χ1) is 10.6. The summed E-state index contributed by atoms with van der Waals surface area (Å²) in [7, 11) is 1.97. The van der Waals surface area contributed by atoms with Crippen molar-refractivity contribution in [1.29, 1.82) is 0 Å². The van der Waals surface area contributed by atoms with E-state index in [0.29, 0.717) is 23.6 Å². The molecule has 6 nitrogen and oxygen atoms in total. The van der Waals surface area contributed by atoms with Crippen molar-refractivity contribution in [3.05, 3.63) is 42.3 Å². The highest BCUT2D eigenvalue weighted by atomic mass is 16.6. The number of benzene rings is 1. The highest BCUT2D eigenvalue weighted by Crippen LogP contribution is 2.28. The van der Waals surface area contributed by atoms with E-state index in [4.69, 9.17) is 9.15 Å². The summed E-state index contributed by atoms with van der Waals surface area (Å²) in [6.45, 7) is 1.58. The van der Waals surface area contributed by atoms with Crippen molar-refractivity contribution < 1.29 is 19.1 Å². The molecule has 0 saturated carbocycles. The lowest BCUT2D eigenvalue weighted by Crippen LogP contribution is -2.25. The summed E-state index contributed by atoms with van der Waals surface area (Å²) in [5, 5.41) is 10.3. The fraction of sp³-hybridized carbons (Fsp3) is 0.375. The average molecular weight is 302 g/mol. The molecule has 2 atom stereocenters. The molecule has 6 heteroatoms. The van der Waals surface area contributed by atoms with Crippen LogP contribution in [0.2, 0.25) is 0 Å². The first-order valence-corrected chi connectivity index (χ1v) is 7.21. The SMILES string of the molecule is CN1CCC(OC(=O)C(O)c2ccccc2-c2ncco2)C1. The molecule has 3 rings (SSSR count). The normalized spacial score (nSPS) is 20.0. The lowest BCUT2D eigenvalue weighted by molar-refractivity contribution is -0.158. The van der Waals surface area contributed by atoms with E-state index in [1.54, 1.807) is 24.3 Å². The Balaban J connectivity index is 1.77. The van der Waals surface area contributed by atoms with Crippen molar-refractivity contribution in [2.45, 2.75) is 18.6 Å². The van der Waals surface area contributed by atoms with E-state index in [-0.39, 0.29) is 6.10 Å². The Bertz CT molecular complexity index is 641. The minimum atomic E-state index is -1.35. The maximum Gasteiger partial charge on any atom is 0.339 e. The van der Waals surface area contributed by atoms with Gasteiger partial charge in [-0.15, -0.1) is 0 Å². The molecule has 1 aromatic carbocycles. The lowest BCUT2D eigenvalue weighted by atomic mass is 10.0. The molecule has 116 valence electrons. The topological polar surface area (TPSA) is 75.8 Å². The maximum atomic E-state index is 12.2. The number of aliphatic hydroxyl groups is 1. The number of rotatable bonds is 4. The van der Waals surface area contributed by atoms with Gasteiger partial charge in [0.05, 0.1) is 6.20 Å². The van der Waals surface area contributed by atoms with E-state index >= 15 is 0 Å². The number of carbonyl (C=O) groups excluding carboxylic acids is 1. The Morgan fingerprint density at radius 1 is 1.50 bits per heavy atom. The van der Waals surface area contributed by atoms with Crippen molar-refractivity contribution in [2.24, 2.45) is 0 Å². The van der Waals surface area contributed by atoms with E-state index in [0.717, 1.165) is 13.0 Å². The Hall–Kier alpha value is -2.18. The van der Waals surface area contributed by atoms with Crippen LogP contribution in [0.3, 0.4) is 0 Å². The van der Waals surface area contributed by atoms with Crippen molar-refractivity contribution in [3.8, 4) is 11.5 Å². The third kappa shape index (κ3) is 3.03. The number of likely N-dealkylation sites (N-methyl/N-ethyl adjacent to an activating group) is 1. The van der Waals surface area contributed by atoms with Crippen molar-refractivity contribution in [2.75, 3.05) is 20.1 Å². The zero-order valence-corrected chi connectivity index (χ0v) is 12.3. The molecule has 1 N–H and O–H groups in total. The maximum absolute atomic E-state index is 12.2. The zero-order valence-electron chi connectivity index (χ0n) is 12.3. The molecule has 1 saturated heterocycles. The summed E-state index contributed by atoms with van der Waals surface area (Å²) < 4.78 is 10.6. The molecule has 0 spiro atoms. The van der Waals surface area contributed by atoms with Crippen LogP contribution in [-0.2, 0) is 9.53 Å². The smallest absolute Gasteiger partial charge is 0.339 e. The predicted octanol–water partition coefficient (Wildman–Crippen LogP) is 1.62. The van der Waals surface area contributed by atoms with Crippen LogP contribution in [0.1, 0.15) is 18.1 Å². The van der Waals surface area contributed by atoms with Gasteiger partial charge in [-0.25, -0.2) is 9.78 Å². The van der Waals surface area contributed by atoms with Gasteiger partial charge < -0.3 is 19.2 Å². The molecule has 2 aromatic rings. The number of aromatic nitrogens is 1. The number of hydrogen-bond acceptors (Lipinski definition) is 6. The second kappa shape index (κ2) is 6.29. The van der Waals surface area contributed by atoms with E-state index in [2.05, 4.69) is 9.88 Å². The van der Waals surface area contributed by atoms with Crippen molar-refractivity contribution in [1.82, 2.24) is 9.88 Å². The van der Waals surface area contributed by atoms with E-state index in [1.807, 2.05) is 7.05 Å². The molecule has 0 amide bonds. The predicted molar refractivity (Wildman–Crippen MR) is 78.9 cm³/mol. The number of aliphatic hydroxyl groups excluding tert-OH is 1. The lowest BCUT2D eigenvalue weighted by Gasteiger charge is -2.17. The summed E-state index contributed by atoms with van der Waals surface area (Å²) in [4.78, 5) is 18.3. The van der Waals surface area contributed by atoms with Gasteiger partial charge in [0, 0.05) is 24.2 Å². The quantitative estimate of drug-likeness (QED) is 0.865. The summed E-state index contributed by atoms with van der Waals surface area (Å²) in [5.74, 6) is -0.276. The Labute approximate surface area is 128 Å². The monoisotopic (exact) mass is 302 g/mol. The second-order valence-electron chi connectivity index (χ2n) is 5.44. The summed E-state index contributed by atoms with van der Waals surface area (Å²) in [6, 6.07) is 6.97. The van der Waals surface area contributed by atoms with Crippen LogP contribution in [-0.4, -0.2) is 47.2 Å². The number of oxazole rings is 1. The molecular formula is C16H18N2O4. The number of ether oxygens (including phenoxy) is 1. The van der Waals surface area contributed by atoms with Crippen LogP contribution >= 0.6 is 0 Å². The van der Waals surface area contributed by atoms with Crippen molar-refractivity contribution in [3.63, 3.8) is 0 Å². The van der Waals surface area contributed by atoms with Gasteiger partial charge in [0.2, 0.25) is 5.89 Å². The Morgan fingerprint density at radius 2 is 2.32 bits per heavy atom. The molecule has 2 unspecified atom stereocenters. The Morgan fingerprint density at radius 3 is 3.00 bits per heavy atom. The second-order valence-corrected chi connectivity index (χ2v) is 5.44. The highest BCUT2D eigenvalue weighted by molar-refractivity contribution is 5.79. The first-order valence-electron chi connectivity index (χ1n) is 7.21. The van der Waals surface area contributed by atoms with Gasteiger partial charge in [-0.2, -0.15) is 0 Å². The molecule has 0 radical (unpaired) electrons. The Kier molecular flexibility index (Phi) is 4.22. The van der Waals surface area contributed by atoms with Crippen LogP contribution in [0.4, 0.5) is 0 Å². The van der Waals surface area contributed by atoms with Gasteiger partial charge in [0.15, 0.2) is 6.10 Å². The number of carbonyl (C=O) groups is 1. The molecule has 1 aromatic heterocycles. The summed E-state index contributed by atoms with van der Waals surface area (Å²) in [6.07, 6.45) is 2.24. The molecule has 0 aliphatic carbocycles. The van der Waals surface area contributed by atoms with Gasteiger partial charge in [-0.1, -0.05) is 18.2 Å². The van der Waals surface area contributed by atoms with E-state index in [9.17, 15) is 9.90 Å². The van der Waals surface area contributed by atoms with Crippen LogP contribution in [0.15, 0.2) is 41.1 Å². The number of esters is 1. The third-order valence-corrected chi connectivity index (χ3v) is 3.77. The number of likely N-dealkylation sites (tertiary alicyclic amines) is 1. The molecule has 1 aliphatic heterocycles. The standard InChI is InChI=1S/C16H18N2O4/c1-18-8-6-11(10-18)22-16(20)14(19)12-4-2-3-5-13(12)15-17-7-9-21-15/h2-5,7,9,11,14,19H,6,8,10H2,1H3. The molecule has 1 aliphatic rings. The number of hydrogen-bond donors (Lipinski definition) is 1. The van der Waals surface area contributed by atoms with E-state index in [1.165, 1.54) is 12.5 Å². The summed E-state index contributed by atoms with van der Waals surface area (Å²) >= 11 is 0. The molecule has 1 fully saturated rings. The van der Waals surface area contributed by atoms with Crippen LogP contribution < -0.4 is 0 Å². The average Bonchev–Trinajstić information content (AvgIpc) is 3.18. The van der Waals surface area contributed by atoms with Gasteiger partial charge >= 0.3 is 5.97 Å². The fourth-order valence-corrected chi connectivity index (χ4v) is 2.63. The molecule has 2 heterocycles. The third-order valence-electron chi connectivity index (χ3n) is 3.77. The van der Waals surface area contributed by atoms with E-state index < -0.39 is 12.1 Å². The largest absolute Gasteiger partial charge is 0.459 e. The van der Waals surface area contributed by atoms with Crippen LogP contribution in [0.5, 0.6) is 0 Å². The minimum absolute atomic E-state index is 0.166. The van der Waals surface area contributed by atoms with Gasteiger partial charge in [-0.3, -0.25) is 0 Å². The molecule has 22 heavy (non-hydrogen) atoms. The van der Waals surface area contributed by atoms with Crippen LogP contribution in [0.25, 0.3) is 11.5 Å². The molecular weight excluding hydrogens is 284 g/mol. The first kappa shape index (κ1) is 14.7.